The highest BCUT2D eigenvalue weighted by Crippen LogP contribution is 2.26. The molecule has 0 bridgehead atoms. The molecule has 0 amide bonds. The zero-order valence-electron chi connectivity index (χ0n) is 8.92. The summed E-state index contributed by atoms with van der Waals surface area (Å²) in [7, 11) is 0. The number of nitrogens with zero attached hydrogens (tertiary/aromatic N) is 1. The van der Waals surface area contributed by atoms with E-state index in [2.05, 4.69) is 49.2 Å². The second-order valence-corrected chi connectivity index (χ2v) is 3.44. The highest BCUT2D eigenvalue weighted by atomic mass is 32.1. The van der Waals surface area contributed by atoms with Gasteiger partial charge in [0.1, 0.15) is 0 Å². The van der Waals surface area contributed by atoms with Gasteiger partial charge in [-0.1, -0.05) is 19.9 Å². The fourth-order valence-corrected chi connectivity index (χ4v) is 1.87. The molecule has 0 unspecified atom stereocenters. The number of aryl methyl sites for hydroxylation is 1. The number of rotatable bonds is 3. The Bertz CT molecular complexity index is 376. The Kier molecular flexibility index (Phi) is 3.99. The number of aliphatic imine (C=N–C) groups is 1. The number of hydrogen-bond acceptors (Lipinski definition) is 2. The average Bonchev–Trinajstić information content (AvgIpc) is 2.19. The molecule has 1 nitrogen and oxygen atoms in total. The van der Waals surface area contributed by atoms with Crippen LogP contribution in [0.15, 0.2) is 17.1 Å². The molecule has 14 heavy (non-hydrogen) atoms. The van der Waals surface area contributed by atoms with Gasteiger partial charge in [-0.15, -0.1) is 0 Å². The highest BCUT2D eigenvalue weighted by molar-refractivity contribution is 7.78. The molecule has 0 aliphatic carbocycles. The van der Waals surface area contributed by atoms with Crippen molar-refractivity contribution in [2.45, 2.75) is 33.6 Å². The Balaban J connectivity index is 3.35. The van der Waals surface area contributed by atoms with Gasteiger partial charge in [-0.3, -0.25) is 0 Å². The van der Waals surface area contributed by atoms with Gasteiger partial charge >= 0.3 is 0 Å². The van der Waals surface area contributed by atoms with E-state index in [1.165, 1.54) is 16.7 Å². The molecule has 0 N–H and O–H groups in total. The van der Waals surface area contributed by atoms with Crippen LogP contribution in [0.25, 0.3) is 0 Å². The van der Waals surface area contributed by atoms with E-state index >= 15 is 0 Å². The van der Waals surface area contributed by atoms with Crippen molar-refractivity contribution in [2.75, 3.05) is 0 Å². The van der Waals surface area contributed by atoms with Gasteiger partial charge in [-0.25, -0.2) is 0 Å². The lowest BCUT2D eigenvalue weighted by Crippen LogP contribution is -1.93. The predicted octanol–water partition coefficient (Wildman–Crippen LogP) is 3.85. The number of hydrogen-bond donors (Lipinski definition) is 0. The number of thiocarbonyl (C=S) groups is 1. The van der Waals surface area contributed by atoms with Gasteiger partial charge in [0.2, 0.25) is 0 Å². The first kappa shape index (κ1) is 11.1. The Labute approximate surface area is 90.9 Å². The molecule has 1 rings (SSSR count). The monoisotopic (exact) mass is 205 g/mol. The maximum Gasteiger partial charge on any atom is 0.0774 e. The topological polar surface area (TPSA) is 12.4 Å². The normalized spacial score (nSPS) is 9.64. The third-order valence-electron chi connectivity index (χ3n) is 2.59. The number of isothiocyanates is 1. The van der Waals surface area contributed by atoms with Crippen molar-refractivity contribution < 1.29 is 0 Å². The minimum Gasteiger partial charge on any atom is -0.194 e. The minimum absolute atomic E-state index is 0.970. The van der Waals surface area contributed by atoms with Crippen molar-refractivity contribution >= 4 is 23.1 Å². The Morgan fingerprint density at radius 1 is 1.29 bits per heavy atom. The molecular formula is C12H15NS. The smallest absolute Gasteiger partial charge is 0.0774 e. The summed E-state index contributed by atoms with van der Waals surface area (Å²) >= 11 is 4.63. The molecule has 0 aromatic heterocycles. The summed E-state index contributed by atoms with van der Waals surface area (Å²) in [5, 5.41) is 2.43. The fourth-order valence-electron chi connectivity index (χ4n) is 1.77. The van der Waals surface area contributed by atoms with Crippen LogP contribution in [0, 0.1) is 6.92 Å². The molecule has 0 aliphatic rings. The van der Waals surface area contributed by atoms with Crippen LogP contribution in [-0.2, 0) is 12.8 Å². The van der Waals surface area contributed by atoms with Crippen LogP contribution >= 0.6 is 12.2 Å². The van der Waals surface area contributed by atoms with Crippen LogP contribution in [0.3, 0.4) is 0 Å². The van der Waals surface area contributed by atoms with Crippen molar-refractivity contribution in [2.24, 2.45) is 4.99 Å². The van der Waals surface area contributed by atoms with Crippen LogP contribution in [0.2, 0.25) is 0 Å². The summed E-state index contributed by atoms with van der Waals surface area (Å²) in [6, 6.07) is 4.16. The molecule has 0 fully saturated rings. The minimum atomic E-state index is 0.970. The van der Waals surface area contributed by atoms with E-state index in [1.54, 1.807) is 0 Å². The molecule has 2 heteroatoms. The largest absolute Gasteiger partial charge is 0.194 e. The van der Waals surface area contributed by atoms with E-state index in [0.717, 1.165) is 18.5 Å². The van der Waals surface area contributed by atoms with Crippen LogP contribution in [0.1, 0.15) is 30.5 Å². The lowest BCUT2D eigenvalue weighted by molar-refractivity contribution is 1.04. The second kappa shape index (κ2) is 5.04. The first-order valence-electron chi connectivity index (χ1n) is 4.93. The van der Waals surface area contributed by atoms with Crippen molar-refractivity contribution in [3.63, 3.8) is 0 Å². The summed E-state index contributed by atoms with van der Waals surface area (Å²) in [6.45, 7) is 6.47. The van der Waals surface area contributed by atoms with Crippen LogP contribution < -0.4 is 0 Å². The zero-order chi connectivity index (χ0) is 10.6. The lowest BCUT2D eigenvalue weighted by Gasteiger charge is -2.10. The molecule has 0 heterocycles. The summed E-state index contributed by atoms with van der Waals surface area (Å²) in [4.78, 5) is 4.08. The van der Waals surface area contributed by atoms with Gasteiger partial charge in [0.05, 0.1) is 10.8 Å². The first-order valence-corrected chi connectivity index (χ1v) is 5.34. The summed E-state index contributed by atoms with van der Waals surface area (Å²) in [5.41, 5.74) is 5.01. The molecule has 0 saturated carbocycles. The van der Waals surface area contributed by atoms with Gasteiger partial charge in [-0.05, 0) is 54.7 Å². The molecule has 0 saturated heterocycles. The molecule has 1 aromatic carbocycles. The lowest BCUT2D eigenvalue weighted by atomic mass is 9.97. The first-order chi connectivity index (χ1) is 6.74. The standard InChI is InChI=1S/C12H15NS/c1-4-10-6-7-12(13-8-14)11(5-2)9(10)3/h6-7H,4-5H2,1-3H3. The van der Waals surface area contributed by atoms with Crippen molar-refractivity contribution in [3.8, 4) is 0 Å². The summed E-state index contributed by atoms with van der Waals surface area (Å²) < 4.78 is 0. The molecule has 0 aliphatic heterocycles. The third kappa shape index (κ3) is 2.09. The SMILES string of the molecule is CCc1ccc(N=C=S)c(CC)c1C. The maximum atomic E-state index is 4.63. The van der Waals surface area contributed by atoms with Crippen molar-refractivity contribution in [3.05, 3.63) is 28.8 Å². The van der Waals surface area contributed by atoms with E-state index < -0.39 is 0 Å². The highest BCUT2D eigenvalue weighted by Gasteiger charge is 2.06. The molecule has 0 radical (unpaired) electrons. The quantitative estimate of drug-likeness (QED) is 0.539. The maximum absolute atomic E-state index is 4.63. The fraction of sp³-hybridized carbons (Fsp3) is 0.417. The molecular weight excluding hydrogens is 190 g/mol. The van der Waals surface area contributed by atoms with Crippen LogP contribution in [0.4, 0.5) is 5.69 Å². The van der Waals surface area contributed by atoms with Crippen molar-refractivity contribution in [1.29, 1.82) is 0 Å². The van der Waals surface area contributed by atoms with Gasteiger partial charge in [0, 0.05) is 0 Å². The third-order valence-corrected chi connectivity index (χ3v) is 2.68. The van der Waals surface area contributed by atoms with Crippen LogP contribution in [0.5, 0.6) is 0 Å². The van der Waals surface area contributed by atoms with Gasteiger partial charge in [0.15, 0.2) is 0 Å². The van der Waals surface area contributed by atoms with E-state index in [4.69, 9.17) is 0 Å². The Morgan fingerprint density at radius 3 is 2.50 bits per heavy atom. The molecule has 0 spiro atoms. The Morgan fingerprint density at radius 2 is 2.00 bits per heavy atom. The summed E-state index contributed by atoms with van der Waals surface area (Å²) in [5.74, 6) is 0. The van der Waals surface area contributed by atoms with Gasteiger partial charge in [0.25, 0.3) is 0 Å². The summed E-state index contributed by atoms with van der Waals surface area (Å²) in [6.07, 6.45) is 2.07. The van der Waals surface area contributed by atoms with Gasteiger partial charge in [-0.2, -0.15) is 4.99 Å². The van der Waals surface area contributed by atoms with E-state index in [9.17, 15) is 0 Å². The Hall–Kier alpha value is -0.980. The van der Waals surface area contributed by atoms with E-state index in [1.807, 2.05) is 6.07 Å². The number of benzene rings is 1. The predicted molar refractivity (Wildman–Crippen MR) is 64.6 cm³/mol. The van der Waals surface area contributed by atoms with Crippen LogP contribution in [-0.4, -0.2) is 5.16 Å². The molecule has 0 atom stereocenters. The molecule has 1 aromatic rings. The second-order valence-electron chi connectivity index (χ2n) is 3.26. The van der Waals surface area contributed by atoms with Crippen molar-refractivity contribution in [1.82, 2.24) is 0 Å². The average molecular weight is 205 g/mol. The van der Waals surface area contributed by atoms with E-state index in [0.29, 0.717) is 0 Å². The molecule has 74 valence electrons. The van der Waals surface area contributed by atoms with E-state index in [-0.39, 0.29) is 0 Å². The zero-order valence-corrected chi connectivity index (χ0v) is 9.74. The van der Waals surface area contributed by atoms with Gasteiger partial charge < -0.3 is 0 Å².